The second-order valence-corrected chi connectivity index (χ2v) is 11.7. The third kappa shape index (κ3) is 4.58. The van der Waals surface area contributed by atoms with Gasteiger partial charge >= 0.3 is 5.69 Å². The second-order valence-electron chi connectivity index (χ2n) is 10.3. The quantitative estimate of drug-likeness (QED) is 0.590. The van der Waals surface area contributed by atoms with Crippen molar-refractivity contribution in [3.63, 3.8) is 0 Å². The first-order valence-electron chi connectivity index (χ1n) is 12.9. The number of hydrogen-bond acceptors (Lipinski definition) is 7. The Hall–Kier alpha value is -1.38. The average molecular weight is 493 g/mol. The van der Waals surface area contributed by atoms with Gasteiger partial charge in [0.1, 0.15) is 12.0 Å². The van der Waals surface area contributed by atoms with Crippen LogP contribution in [0.15, 0.2) is 17.1 Å². The fourth-order valence-corrected chi connectivity index (χ4v) is 8.04. The maximum Gasteiger partial charge on any atom is 0.351 e. The Labute approximate surface area is 202 Å². The van der Waals surface area contributed by atoms with E-state index >= 15 is 0 Å². The van der Waals surface area contributed by atoms with Crippen LogP contribution >= 0.6 is 8.53 Å². The summed E-state index contributed by atoms with van der Waals surface area (Å²) >= 11 is 0. The van der Waals surface area contributed by atoms with Crippen molar-refractivity contribution in [3.8, 4) is 0 Å². The summed E-state index contributed by atoms with van der Waals surface area (Å²) in [7, 11) is -1.11. The molecule has 0 aromatic carbocycles. The van der Waals surface area contributed by atoms with Crippen molar-refractivity contribution in [1.82, 2.24) is 14.2 Å². The number of nitrogens with zero attached hydrogens (tertiary/aromatic N) is 3. The van der Waals surface area contributed by atoms with Crippen LogP contribution in [0, 0.1) is 5.92 Å². The molecular weight excluding hydrogens is 455 g/mol. The molecule has 1 N–H and O–H groups in total. The lowest BCUT2D eigenvalue weighted by atomic mass is 9.79. The van der Waals surface area contributed by atoms with E-state index in [1.807, 2.05) is 0 Å². The van der Waals surface area contributed by atoms with Crippen molar-refractivity contribution in [2.24, 2.45) is 5.92 Å². The first kappa shape index (κ1) is 24.3. The van der Waals surface area contributed by atoms with Gasteiger partial charge in [-0.2, -0.15) is 4.98 Å². The summed E-state index contributed by atoms with van der Waals surface area (Å²) in [5, 5.41) is 2.68. The van der Waals surface area contributed by atoms with Gasteiger partial charge in [-0.15, -0.1) is 0 Å². The largest absolute Gasteiger partial charge is 0.352 e. The van der Waals surface area contributed by atoms with Crippen molar-refractivity contribution in [2.45, 2.75) is 109 Å². The molecule has 4 heterocycles. The van der Waals surface area contributed by atoms with Gasteiger partial charge in [0.05, 0.1) is 17.8 Å². The zero-order chi connectivity index (χ0) is 23.9. The Morgan fingerprint density at radius 1 is 1.32 bits per heavy atom. The number of fused-ring (bicyclic) bond motifs is 2. The molecule has 10 heteroatoms. The highest BCUT2D eigenvalue weighted by atomic mass is 31.2. The van der Waals surface area contributed by atoms with Gasteiger partial charge < -0.3 is 19.1 Å². The van der Waals surface area contributed by atoms with E-state index < -0.39 is 20.4 Å². The molecular formula is C24H37N4O5P. The summed E-state index contributed by atoms with van der Waals surface area (Å²) in [5.41, 5.74) is -0.469. The molecule has 0 radical (unpaired) electrons. The molecule has 5 atom stereocenters. The van der Waals surface area contributed by atoms with Crippen LogP contribution in [0.4, 0.5) is 5.82 Å². The lowest BCUT2D eigenvalue weighted by molar-refractivity contribution is -0.118. The molecule has 1 aromatic heterocycles. The molecule has 5 rings (SSSR count). The molecule has 3 saturated heterocycles. The van der Waals surface area contributed by atoms with Crippen LogP contribution in [0.25, 0.3) is 0 Å². The van der Waals surface area contributed by atoms with Crippen LogP contribution in [0.1, 0.15) is 84.8 Å². The number of aromatic nitrogens is 2. The Balaban J connectivity index is 1.28. The number of anilines is 1. The third-order valence-electron chi connectivity index (χ3n) is 7.73. The second kappa shape index (κ2) is 9.94. The van der Waals surface area contributed by atoms with Gasteiger partial charge in [0.2, 0.25) is 5.91 Å². The minimum Gasteiger partial charge on any atom is -0.352 e. The Bertz CT molecular complexity index is 950. The highest BCUT2D eigenvalue weighted by Gasteiger charge is 2.57. The SMILES string of the molecule is CC[C@H]1O[C@@H](n2ccc(NC(=O)C(C)C)nc2=O)CC1OP1OC2(CCCCC2)[C@@H]2CCCN21. The molecule has 34 heavy (non-hydrogen) atoms. The highest BCUT2D eigenvalue weighted by molar-refractivity contribution is 7.45. The predicted octanol–water partition coefficient (Wildman–Crippen LogP) is 4.34. The van der Waals surface area contributed by atoms with E-state index in [-0.39, 0.29) is 35.5 Å². The van der Waals surface area contributed by atoms with Crippen molar-refractivity contribution in [1.29, 1.82) is 0 Å². The molecule has 3 aliphatic heterocycles. The van der Waals surface area contributed by atoms with Crippen molar-refractivity contribution >= 4 is 20.3 Å². The van der Waals surface area contributed by atoms with E-state index in [4.69, 9.17) is 13.8 Å². The first-order chi connectivity index (χ1) is 16.4. The van der Waals surface area contributed by atoms with Gasteiger partial charge in [-0.1, -0.05) is 40.0 Å². The zero-order valence-electron chi connectivity index (χ0n) is 20.4. The Kier molecular flexibility index (Phi) is 7.11. The van der Waals surface area contributed by atoms with Crippen LogP contribution in [-0.4, -0.2) is 50.5 Å². The normalized spacial score (nSPS) is 33.0. The van der Waals surface area contributed by atoms with Crippen LogP contribution < -0.4 is 11.0 Å². The fourth-order valence-electron chi connectivity index (χ4n) is 5.84. The summed E-state index contributed by atoms with van der Waals surface area (Å²) < 4.78 is 23.6. The fraction of sp³-hybridized carbons (Fsp3) is 0.792. The molecule has 9 nitrogen and oxygen atoms in total. The smallest absolute Gasteiger partial charge is 0.351 e. The zero-order valence-corrected chi connectivity index (χ0v) is 21.3. The lowest BCUT2D eigenvalue weighted by Gasteiger charge is -2.36. The average Bonchev–Trinajstić information content (AvgIpc) is 3.52. The summed E-state index contributed by atoms with van der Waals surface area (Å²) in [4.78, 5) is 28.7. The van der Waals surface area contributed by atoms with E-state index in [1.54, 1.807) is 26.1 Å². The standard InChI is InChI=1S/C24H37N4O5P/c1-4-17-18(32-34-28-13-8-9-19(28)24(33-34)11-6-5-7-12-24)15-21(31-17)27-14-10-20(26-23(27)30)25-22(29)16(2)3/h10,14,16-19,21H,4-9,11-13,15H2,1-3H3,(H,25,26,29,30)/t17-,18?,19+,21-,34?/m1/s1. The van der Waals surface area contributed by atoms with Gasteiger partial charge in [-0.3, -0.25) is 9.36 Å². The third-order valence-corrected chi connectivity index (χ3v) is 9.59. The molecule has 1 spiro atoms. The Morgan fingerprint density at radius 2 is 2.12 bits per heavy atom. The minimum atomic E-state index is -1.11. The lowest BCUT2D eigenvalue weighted by Crippen LogP contribution is -2.43. The van der Waals surface area contributed by atoms with E-state index in [0.717, 1.165) is 25.8 Å². The monoisotopic (exact) mass is 492 g/mol. The van der Waals surface area contributed by atoms with Crippen molar-refractivity contribution < 1.29 is 18.6 Å². The van der Waals surface area contributed by atoms with Gasteiger partial charge in [0.25, 0.3) is 8.53 Å². The topological polar surface area (TPSA) is 94.9 Å². The maximum atomic E-state index is 12.7. The van der Waals surface area contributed by atoms with Crippen LogP contribution in [0.5, 0.6) is 0 Å². The van der Waals surface area contributed by atoms with Gasteiger partial charge in [0, 0.05) is 31.1 Å². The van der Waals surface area contributed by atoms with E-state index in [1.165, 1.54) is 36.7 Å². The summed E-state index contributed by atoms with van der Waals surface area (Å²) in [6, 6.07) is 2.13. The maximum absolute atomic E-state index is 12.7. The summed E-state index contributed by atoms with van der Waals surface area (Å²) in [5.74, 6) is -0.0946. The van der Waals surface area contributed by atoms with Crippen LogP contribution in [0.2, 0.25) is 0 Å². The summed E-state index contributed by atoms with van der Waals surface area (Å²) in [6.45, 7) is 6.71. The number of ether oxygens (including phenoxy) is 1. The highest BCUT2D eigenvalue weighted by Crippen LogP contribution is 2.64. The Morgan fingerprint density at radius 3 is 2.82 bits per heavy atom. The minimum absolute atomic E-state index is 0.0296. The number of carbonyl (C=O) groups is 1. The van der Waals surface area contributed by atoms with Crippen LogP contribution in [-0.2, 0) is 18.6 Å². The first-order valence-corrected chi connectivity index (χ1v) is 14.0. The molecule has 4 fully saturated rings. The molecule has 1 saturated carbocycles. The summed E-state index contributed by atoms with van der Waals surface area (Å²) in [6.07, 6.45) is 10.8. The molecule has 2 unspecified atom stereocenters. The van der Waals surface area contributed by atoms with Crippen LogP contribution in [0.3, 0.4) is 0 Å². The predicted molar refractivity (Wildman–Crippen MR) is 129 cm³/mol. The van der Waals surface area contributed by atoms with Gasteiger partial charge in [-0.05, 0) is 38.2 Å². The van der Waals surface area contributed by atoms with Crippen molar-refractivity contribution in [3.05, 3.63) is 22.7 Å². The molecule has 4 aliphatic rings. The number of hydrogen-bond donors (Lipinski definition) is 1. The number of rotatable bonds is 6. The molecule has 0 bridgehead atoms. The number of carbonyl (C=O) groups excluding carboxylic acids is 1. The number of amides is 1. The van der Waals surface area contributed by atoms with E-state index in [9.17, 15) is 9.59 Å². The van der Waals surface area contributed by atoms with Gasteiger partial charge in [-0.25, -0.2) is 9.46 Å². The van der Waals surface area contributed by atoms with Gasteiger partial charge in [0.15, 0.2) is 0 Å². The van der Waals surface area contributed by atoms with E-state index in [0.29, 0.717) is 12.5 Å². The molecule has 1 aliphatic carbocycles. The van der Waals surface area contributed by atoms with E-state index in [2.05, 4.69) is 21.9 Å². The molecule has 1 amide bonds. The number of nitrogens with one attached hydrogen (secondary N) is 1. The molecule has 1 aromatic rings. The molecule has 188 valence electrons. The van der Waals surface area contributed by atoms with Crippen molar-refractivity contribution in [2.75, 3.05) is 11.9 Å².